The lowest BCUT2D eigenvalue weighted by Crippen LogP contribution is -2.38. The molecule has 0 atom stereocenters. The van der Waals surface area contributed by atoms with Crippen LogP contribution in [-0.2, 0) is 10.0 Å². The highest BCUT2D eigenvalue weighted by atomic mass is 32.2. The molecule has 2 N–H and O–H groups in total. The fourth-order valence-corrected chi connectivity index (χ4v) is 6.30. The summed E-state index contributed by atoms with van der Waals surface area (Å²) < 4.78 is 32.9. The standard InChI is InChI=1S/C28H34N4O5S2/c1-19(2)37-23-8-6-22(7-9-23)28(34)32-16-12-21(13-17-32)27-31-25(18-38-27)26(33)29-14-15-30-39(35,36)24-10-4-20(3)5-11-24/h4-11,18-19,21,30H,12-17H2,1-3H3,(H,29,33). The van der Waals surface area contributed by atoms with Crippen molar-refractivity contribution >= 4 is 33.2 Å². The van der Waals surface area contributed by atoms with E-state index in [9.17, 15) is 18.0 Å². The summed E-state index contributed by atoms with van der Waals surface area (Å²) in [6.07, 6.45) is 1.62. The minimum absolute atomic E-state index is 0.00162. The zero-order valence-electron chi connectivity index (χ0n) is 22.3. The molecule has 208 valence electrons. The first-order valence-corrected chi connectivity index (χ1v) is 15.3. The number of nitrogens with one attached hydrogen (secondary N) is 2. The number of amides is 2. The molecule has 1 fully saturated rings. The lowest BCUT2D eigenvalue weighted by atomic mass is 9.97. The number of carbonyl (C=O) groups excluding carboxylic acids is 2. The maximum absolute atomic E-state index is 12.9. The molecule has 0 unspecified atom stereocenters. The third-order valence-corrected chi connectivity index (χ3v) is 8.88. The van der Waals surface area contributed by atoms with Crippen molar-refractivity contribution in [2.45, 2.75) is 50.5 Å². The van der Waals surface area contributed by atoms with E-state index in [1.165, 1.54) is 11.3 Å². The first kappa shape index (κ1) is 28.7. The van der Waals surface area contributed by atoms with Crippen LogP contribution >= 0.6 is 11.3 Å². The number of carbonyl (C=O) groups is 2. The number of ether oxygens (including phenoxy) is 1. The number of sulfonamides is 1. The second-order valence-electron chi connectivity index (χ2n) is 9.80. The van der Waals surface area contributed by atoms with E-state index in [1.54, 1.807) is 41.8 Å². The molecule has 2 amide bonds. The number of likely N-dealkylation sites (tertiary alicyclic amines) is 1. The normalized spacial score (nSPS) is 14.4. The molecule has 2 aromatic carbocycles. The number of aromatic nitrogens is 1. The summed E-state index contributed by atoms with van der Waals surface area (Å²) in [4.78, 5) is 32.0. The van der Waals surface area contributed by atoms with Crippen LogP contribution in [0.5, 0.6) is 5.75 Å². The summed E-state index contributed by atoms with van der Waals surface area (Å²) in [7, 11) is -3.63. The summed E-state index contributed by atoms with van der Waals surface area (Å²) in [5, 5.41) is 5.32. The summed E-state index contributed by atoms with van der Waals surface area (Å²) >= 11 is 1.44. The van der Waals surface area contributed by atoms with Gasteiger partial charge in [0, 0.05) is 43.0 Å². The molecule has 1 aliphatic heterocycles. The smallest absolute Gasteiger partial charge is 0.270 e. The predicted molar refractivity (Wildman–Crippen MR) is 151 cm³/mol. The van der Waals surface area contributed by atoms with E-state index in [1.807, 2.05) is 37.8 Å². The van der Waals surface area contributed by atoms with Gasteiger partial charge in [-0.25, -0.2) is 18.1 Å². The Morgan fingerprint density at radius 1 is 1.05 bits per heavy atom. The van der Waals surface area contributed by atoms with Crippen LogP contribution in [0.15, 0.2) is 58.8 Å². The maximum atomic E-state index is 12.9. The summed E-state index contributed by atoms with van der Waals surface area (Å²) in [5.41, 5.74) is 1.93. The van der Waals surface area contributed by atoms with Gasteiger partial charge in [0.15, 0.2) is 0 Å². The predicted octanol–water partition coefficient (Wildman–Crippen LogP) is 3.97. The summed E-state index contributed by atoms with van der Waals surface area (Å²) in [6.45, 7) is 7.26. The molecule has 39 heavy (non-hydrogen) atoms. The zero-order chi connectivity index (χ0) is 28.0. The van der Waals surface area contributed by atoms with Gasteiger partial charge in [0.05, 0.1) is 16.0 Å². The molecule has 0 saturated carbocycles. The van der Waals surface area contributed by atoms with Gasteiger partial charge in [-0.2, -0.15) is 0 Å². The van der Waals surface area contributed by atoms with Gasteiger partial charge in [-0.1, -0.05) is 17.7 Å². The second kappa shape index (κ2) is 12.7. The zero-order valence-corrected chi connectivity index (χ0v) is 24.0. The molecular formula is C28H34N4O5S2. The van der Waals surface area contributed by atoms with Gasteiger partial charge in [0.25, 0.3) is 11.8 Å². The Hall–Kier alpha value is -3.28. The van der Waals surface area contributed by atoms with Crippen molar-refractivity contribution in [3.8, 4) is 5.75 Å². The van der Waals surface area contributed by atoms with Crippen LogP contribution in [0.1, 0.15) is 64.0 Å². The van der Waals surface area contributed by atoms with Gasteiger partial charge in [0.2, 0.25) is 10.0 Å². The fraction of sp³-hybridized carbons (Fsp3) is 0.393. The van der Waals surface area contributed by atoms with Crippen LogP contribution in [0, 0.1) is 6.92 Å². The summed E-state index contributed by atoms with van der Waals surface area (Å²) in [6, 6.07) is 13.8. The molecular weight excluding hydrogens is 536 g/mol. The van der Waals surface area contributed by atoms with E-state index in [0.29, 0.717) is 24.3 Å². The highest BCUT2D eigenvalue weighted by Gasteiger charge is 2.27. The first-order chi connectivity index (χ1) is 18.6. The monoisotopic (exact) mass is 570 g/mol. The highest BCUT2D eigenvalue weighted by molar-refractivity contribution is 7.89. The second-order valence-corrected chi connectivity index (χ2v) is 12.5. The number of piperidine rings is 1. The molecule has 0 spiro atoms. The molecule has 0 bridgehead atoms. The maximum Gasteiger partial charge on any atom is 0.270 e. The third-order valence-electron chi connectivity index (χ3n) is 6.39. The van der Waals surface area contributed by atoms with E-state index in [-0.39, 0.29) is 41.8 Å². The van der Waals surface area contributed by atoms with Crippen molar-refractivity contribution in [1.82, 2.24) is 19.9 Å². The molecule has 11 heteroatoms. The minimum Gasteiger partial charge on any atom is -0.491 e. The number of nitrogens with zero attached hydrogens (tertiary/aromatic N) is 2. The van der Waals surface area contributed by atoms with Gasteiger partial charge >= 0.3 is 0 Å². The number of benzene rings is 2. The van der Waals surface area contributed by atoms with Crippen LogP contribution in [0.3, 0.4) is 0 Å². The minimum atomic E-state index is -3.63. The molecule has 4 rings (SSSR count). The molecule has 9 nitrogen and oxygen atoms in total. The molecule has 1 saturated heterocycles. The van der Waals surface area contributed by atoms with Gasteiger partial charge in [-0.05, 0) is 70.0 Å². The lowest BCUT2D eigenvalue weighted by Gasteiger charge is -2.31. The van der Waals surface area contributed by atoms with Gasteiger partial charge in [-0.3, -0.25) is 9.59 Å². The average Bonchev–Trinajstić information content (AvgIpc) is 3.42. The van der Waals surface area contributed by atoms with Crippen molar-refractivity contribution < 1.29 is 22.7 Å². The molecule has 1 aliphatic rings. The van der Waals surface area contributed by atoms with E-state index >= 15 is 0 Å². The number of thiazole rings is 1. The fourth-order valence-electron chi connectivity index (χ4n) is 4.29. The number of hydrogen-bond acceptors (Lipinski definition) is 7. The Morgan fingerprint density at radius 2 is 1.72 bits per heavy atom. The largest absolute Gasteiger partial charge is 0.491 e. The van der Waals surface area contributed by atoms with Crippen molar-refractivity contribution in [2.75, 3.05) is 26.2 Å². The third kappa shape index (κ3) is 7.65. The van der Waals surface area contributed by atoms with Gasteiger partial charge in [-0.15, -0.1) is 11.3 Å². The molecule has 3 aromatic rings. The quantitative estimate of drug-likeness (QED) is 0.356. The van der Waals surface area contributed by atoms with E-state index in [2.05, 4.69) is 15.0 Å². The number of rotatable bonds is 10. The van der Waals surface area contributed by atoms with E-state index < -0.39 is 10.0 Å². The van der Waals surface area contributed by atoms with E-state index in [0.717, 1.165) is 29.2 Å². The molecule has 0 radical (unpaired) electrons. The Kier molecular flexibility index (Phi) is 9.36. The SMILES string of the molecule is Cc1ccc(S(=O)(=O)NCCNC(=O)c2csc(C3CCN(C(=O)c4ccc(OC(C)C)cc4)CC3)n2)cc1. The summed E-state index contributed by atoms with van der Waals surface area (Å²) in [5.74, 6) is 0.586. The van der Waals surface area contributed by atoms with Crippen molar-refractivity contribution in [3.05, 3.63) is 75.7 Å². The first-order valence-electron chi connectivity index (χ1n) is 13.0. The van der Waals surface area contributed by atoms with Crippen molar-refractivity contribution in [2.24, 2.45) is 0 Å². The molecule has 1 aromatic heterocycles. The Balaban J connectivity index is 1.22. The Bertz CT molecular complexity index is 1380. The molecule has 0 aliphatic carbocycles. The van der Waals surface area contributed by atoms with Gasteiger partial charge in [0.1, 0.15) is 11.4 Å². The van der Waals surface area contributed by atoms with Gasteiger partial charge < -0.3 is 15.0 Å². The Labute approximate surface area is 233 Å². The van der Waals surface area contributed by atoms with Crippen molar-refractivity contribution in [1.29, 1.82) is 0 Å². The van der Waals surface area contributed by atoms with E-state index in [4.69, 9.17) is 4.74 Å². The number of hydrogen-bond donors (Lipinski definition) is 2. The topological polar surface area (TPSA) is 118 Å². The van der Waals surface area contributed by atoms with Crippen LogP contribution in [0.25, 0.3) is 0 Å². The van der Waals surface area contributed by atoms with Crippen molar-refractivity contribution in [3.63, 3.8) is 0 Å². The van der Waals surface area contributed by atoms with Crippen LogP contribution in [0.2, 0.25) is 0 Å². The lowest BCUT2D eigenvalue weighted by molar-refractivity contribution is 0.0713. The Morgan fingerprint density at radius 3 is 2.36 bits per heavy atom. The van der Waals surface area contributed by atoms with Crippen LogP contribution in [0.4, 0.5) is 0 Å². The number of aryl methyl sites for hydroxylation is 1. The van der Waals surface area contributed by atoms with Crippen LogP contribution in [-0.4, -0.2) is 62.4 Å². The highest BCUT2D eigenvalue weighted by Crippen LogP contribution is 2.31. The molecule has 2 heterocycles. The van der Waals surface area contributed by atoms with Crippen LogP contribution < -0.4 is 14.8 Å². The average molecular weight is 571 g/mol.